The van der Waals surface area contributed by atoms with E-state index in [1.165, 1.54) is 0 Å². The van der Waals surface area contributed by atoms with E-state index in [1.54, 1.807) is 6.92 Å². The highest BCUT2D eigenvalue weighted by Crippen LogP contribution is 2.02. The molecule has 7 heteroatoms. The van der Waals surface area contributed by atoms with Crippen LogP contribution in [0.2, 0.25) is 0 Å². The molecular weight excluding hydrogens is 238 g/mol. The third kappa shape index (κ3) is 5.97. The minimum absolute atomic E-state index is 0.0710. The predicted octanol–water partition coefficient (Wildman–Crippen LogP) is 0.682. The van der Waals surface area contributed by atoms with Crippen LogP contribution in [0.15, 0.2) is 4.52 Å². The molecule has 0 aliphatic rings. The summed E-state index contributed by atoms with van der Waals surface area (Å²) in [4.78, 5) is 25.6. The molecule has 0 bridgehead atoms. The van der Waals surface area contributed by atoms with Crippen molar-refractivity contribution in [2.45, 2.75) is 39.0 Å². The number of hydrogen-bond donors (Lipinski definition) is 2. The van der Waals surface area contributed by atoms with Crippen LogP contribution in [0.3, 0.4) is 0 Å². The van der Waals surface area contributed by atoms with Gasteiger partial charge in [0.25, 0.3) is 0 Å². The Hall–Kier alpha value is -1.92. The van der Waals surface area contributed by atoms with Crippen molar-refractivity contribution >= 4 is 11.9 Å². The van der Waals surface area contributed by atoms with Crippen molar-refractivity contribution in [2.75, 3.05) is 6.54 Å². The summed E-state index contributed by atoms with van der Waals surface area (Å²) in [6.07, 6.45) is 2.09. The number of hydrogen-bond acceptors (Lipinski definition) is 5. The van der Waals surface area contributed by atoms with Crippen LogP contribution >= 0.6 is 0 Å². The van der Waals surface area contributed by atoms with Gasteiger partial charge in [-0.25, -0.2) is 0 Å². The number of carboxylic acids is 1. The lowest BCUT2D eigenvalue weighted by molar-refractivity contribution is -0.137. The van der Waals surface area contributed by atoms with Crippen LogP contribution in [-0.4, -0.2) is 33.7 Å². The molecule has 0 atom stereocenters. The van der Waals surface area contributed by atoms with E-state index in [2.05, 4.69) is 15.5 Å². The van der Waals surface area contributed by atoms with Crippen molar-refractivity contribution in [2.24, 2.45) is 0 Å². The molecule has 0 aliphatic carbocycles. The van der Waals surface area contributed by atoms with Crippen LogP contribution in [0.4, 0.5) is 0 Å². The highest BCUT2D eigenvalue weighted by atomic mass is 16.5. The Bertz CT molecular complexity index is 403. The van der Waals surface area contributed by atoms with Crippen molar-refractivity contribution in [3.05, 3.63) is 11.7 Å². The average molecular weight is 255 g/mol. The molecular formula is C11H17N3O4. The highest BCUT2D eigenvalue weighted by Gasteiger charge is 2.05. The number of carbonyl (C=O) groups excluding carboxylic acids is 1. The normalized spacial score (nSPS) is 10.3. The van der Waals surface area contributed by atoms with E-state index in [0.717, 1.165) is 0 Å². The van der Waals surface area contributed by atoms with Crippen LogP contribution in [0, 0.1) is 6.92 Å². The summed E-state index contributed by atoms with van der Waals surface area (Å²) in [5, 5.41) is 14.7. The van der Waals surface area contributed by atoms with E-state index in [4.69, 9.17) is 9.63 Å². The number of rotatable bonds is 8. The minimum atomic E-state index is -0.851. The molecule has 1 rings (SSSR count). The van der Waals surface area contributed by atoms with Gasteiger partial charge in [-0.3, -0.25) is 9.59 Å². The molecule has 1 aromatic rings. The van der Waals surface area contributed by atoms with E-state index in [1.807, 2.05) is 0 Å². The maximum absolute atomic E-state index is 11.4. The second kappa shape index (κ2) is 7.41. The van der Waals surface area contributed by atoms with E-state index in [-0.39, 0.29) is 12.3 Å². The highest BCUT2D eigenvalue weighted by molar-refractivity contribution is 5.75. The number of amides is 1. The van der Waals surface area contributed by atoms with Gasteiger partial charge in [0.15, 0.2) is 5.82 Å². The monoisotopic (exact) mass is 255 g/mol. The van der Waals surface area contributed by atoms with Crippen LogP contribution < -0.4 is 5.32 Å². The van der Waals surface area contributed by atoms with E-state index in [9.17, 15) is 9.59 Å². The van der Waals surface area contributed by atoms with Crippen LogP contribution in [-0.2, 0) is 16.0 Å². The number of carboxylic acid groups (broad SMARTS) is 1. The molecule has 0 unspecified atom stereocenters. The average Bonchev–Trinajstić information content (AvgIpc) is 2.70. The smallest absolute Gasteiger partial charge is 0.303 e. The van der Waals surface area contributed by atoms with Crippen LogP contribution in [0.25, 0.3) is 0 Å². The third-order valence-electron chi connectivity index (χ3n) is 2.25. The standard InChI is InChI=1S/C11H17N3O4/c1-8-13-10(18-14-8)5-2-4-9(15)12-7-3-6-11(16)17/h2-7H2,1H3,(H,12,15)(H,16,17). The Morgan fingerprint density at radius 3 is 2.72 bits per heavy atom. The molecule has 0 saturated heterocycles. The van der Waals surface area contributed by atoms with Gasteiger partial charge in [-0.1, -0.05) is 5.16 Å². The molecule has 18 heavy (non-hydrogen) atoms. The maximum Gasteiger partial charge on any atom is 0.303 e. The van der Waals surface area contributed by atoms with Crippen molar-refractivity contribution in [1.29, 1.82) is 0 Å². The predicted molar refractivity (Wildman–Crippen MR) is 61.9 cm³/mol. The molecule has 0 saturated carbocycles. The molecule has 0 fully saturated rings. The number of carbonyl (C=O) groups is 2. The lowest BCUT2D eigenvalue weighted by Crippen LogP contribution is -2.24. The first-order valence-corrected chi connectivity index (χ1v) is 5.85. The molecule has 0 aromatic carbocycles. The zero-order valence-corrected chi connectivity index (χ0v) is 10.3. The number of nitrogens with zero attached hydrogens (tertiary/aromatic N) is 2. The van der Waals surface area contributed by atoms with Crippen LogP contribution in [0.5, 0.6) is 0 Å². The fourth-order valence-electron chi connectivity index (χ4n) is 1.40. The zero-order chi connectivity index (χ0) is 13.4. The Morgan fingerprint density at radius 2 is 2.11 bits per heavy atom. The molecule has 0 radical (unpaired) electrons. The summed E-state index contributed by atoms with van der Waals surface area (Å²) in [6.45, 7) is 2.13. The van der Waals surface area contributed by atoms with Crippen LogP contribution in [0.1, 0.15) is 37.4 Å². The summed E-state index contributed by atoms with van der Waals surface area (Å²) >= 11 is 0. The molecule has 1 aromatic heterocycles. The zero-order valence-electron chi connectivity index (χ0n) is 10.3. The number of aromatic nitrogens is 2. The first-order chi connectivity index (χ1) is 8.58. The van der Waals surface area contributed by atoms with Gasteiger partial charge in [-0.15, -0.1) is 0 Å². The largest absolute Gasteiger partial charge is 0.481 e. The van der Waals surface area contributed by atoms with E-state index < -0.39 is 5.97 Å². The van der Waals surface area contributed by atoms with Crippen molar-refractivity contribution in [3.63, 3.8) is 0 Å². The fourth-order valence-corrected chi connectivity index (χ4v) is 1.40. The van der Waals surface area contributed by atoms with Crippen molar-refractivity contribution in [3.8, 4) is 0 Å². The number of aliphatic carboxylic acids is 1. The second-order valence-corrected chi connectivity index (χ2v) is 3.94. The Labute approximate surface area is 105 Å². The van der Waals surface area contributed by atoms with Gasteiger partial charge in [-0.2, -0.15) is 4.98 Å². The van der Waals surface area contributed by atoms with Gasteiger partial charge in [0, 0.05) is 25.8 Å². The molecule has 7 nitrogen and oxygen atoms in total. The summed E-state index contributed by atoms with van der Waals surface area (Å²) in [6, 6.07) is 0. The van der Waals surface area contributed by atoms with Gasteiger partial charge in [0.05, 0.1) is 0 Å². The molecule has 0 aliphatic heterocycles. The van der Waals surface area contributed by atoms with Crippen molar-refractivity contribution < 1.29 is 19.2 Å². The number of nitrogens with one attached hydrogen (secondary N) is 1. The first-order valence-electron chi connectivity index (χ1n) is 5.85. The summed E-state index contributed by atoms with van der Waals surface area (Å²) < 4.78 is 4.91. The molecule has 0 spiro atoms. The summed E-state index contributed by atoms with van der Waals surface area (Å²) in [7, 11) is 0. The lowest BCUT2D eigenvalue weighted by Gasteiger charge is -2.02. The molecule has 100 valence electrons. The summed E-state index contributed by atoms with van der Waals surface area (Å²) in [5.41, 5.74) is 0. The maximum atomic E-state index is 11.4. The first kappa shape index (κ1) is 14.1. The molecule has 1 amide bonds. The van der Waals surface area contributed by atoms with Gasteiger partial charge < -0.3 is 14.9 Å². The topological polar surface area (TPSA) is 105 Å². The number of aryl methyl sites for hydroxylation is 2. The van der Waals surface area contributed by atoms with E-state index >= 15 is 0 Å². The lowest BCUT2D eigenvalue weighted by atomic mass is 10.2. The second-order valence-electron chi connectivity index (χ2n) is 3.94. The van der Waals surface area contributed by atoms with Gasteiger partial charge in [0.2, 0.25) is 11.8 Å². The van der Waals surface area contributed by atoms with Gasteiger partial charge >= 0.3 is 5.97 Å². The third-order valence-corrected chi connectivity index (χ3v) is 2.25. The summed E-state index contributed by atoms with van der Waals surface area (Å²) in [5.74, 6) is 0.182. The SMILES string of the molecule is Cc1noc(CCCC(=O)NCCCC(=O)O)n1. The van der Waals surface area contributed by atoms with Gasteiger partial charge in [0.1, 0.15) is 0 Å². The minimum Gasteiger partial charge on any atom is -0.481 e. The quantitative estimate of drug-likeness (QED) is 0.662. The molecule has 1 heterocycles. The Kier molecular flexibility index (Phi) is 5.83. The van der Waals surface area contributed by atoms with Gasteiger partial charge in [-0.05, 0) is 19.8 Å². The fraction of sp³-hybridized carbons (Fsp3) is 0.636. The molecule has 2 N–H and O–H groups in total. The Balaban J connectivity index is 2.05. The van der Waals surface area contributed by atoms with Crippen molar-refractivity contribution in [1.82, 2.24) is 15.5 Å². The van der Waals surface area contributed by atoms with E-state index in [0.29, 0.717) is 43.9 Å². The Morgan fingerprint density at radius 1 is 1.33 bits per heavy atom.